The Morgan fingerprint density at radius 1 is 1.44 bits per heavy atom. The SMILES string of the molecule is CCCC[C@](C)(O)CC=C[C@@H]1[C@H]2CC(CNCC(=O)N(C)C)=C[C@H]2C[C@H]1O. The number of amides is 1. The van der Waals surface area contributed by atoms with E-state index in [4.69, 9.17) is 0 Å². The third-order valence-electron chi connectivity index (χ3n) is 6.06. The first-order chi connectivity index (χ1) is 12.7. The summed E-state index contributed by atoms with van der Waals surface area (Å²) in [4.78, 5) is 13.2. The van der Waals surface area contributed by atoms with Crippen molar-refractivity contribution in [1.29, 1.82) is 0 Å². The van der Waals surface area contributed by atoms with E-state index < -0.39 is 5.60 Å². The molecule has 5 heteroatoms. The fraction of sp³-hybridized carbons (Fsp3) is 0.773. The molecule has 5 nitrogen and oxygen atoms in total. The van der Waals surface area contributed by atoms with Gasteiger partial charge in [0.2, 0.25) is 5.91 Å². The molecule has 1 fully saturated rings. The average Bonchev–Trinajstić information content (AvgIpc) is 3.10. The Balaban J connectivity index is 1.82. The number of unbranched alkanes of at least 4 members (excludes halogenated alkanes) is 1. The summed E-state index contributed by atoms with van der Waals surface area (Å²) in [6.07, 6.45) is 11.6. The fourth-order valence-electron chi connectivity index (χ4n) is 4.36. The molecular formula is C22H38N2O3. The van der Waals surface area contributed by atoms with Crippen LogP contribution in [0, 0.1) is 17.8 Å². The quantitative estimate of drug-likeness (QED) is 0.511. The highest BCUT2D eigenvalue weighted by atomic mass is 16.3. The molecule has 5 atom stereocenters. The van der Waals surface area contributed by atoms with Crippen molar-refractivity contribution in [3.05, 3.63) is 23.8 Å². The largest absolute Gasteiger partial charge is 0.392 e. The minimum absolute atomic E-state index is 0.0835. The lowest BCUT2D eigenvalue weighted by atomic mass is 9.88. The molecule has 0 saturated heterocycles. The van der Waals surface area contributed by atoms with Gasteiger partial charge in [0, 0.05) is 26.6 Å². The first-order valence-electron chi connectivity index (χ1n) is 10.4. The molecule has 0 aromatic carbocycles. The number of carbonyl (C=O) groups excluding carboxylic acids is 1. The predicted molar refractivity (Wildman–Crippen MR) is 109 cm³/mol. The van der Waals surface area contributed by atoms with Crippen molar-refractivity contribution in [2.24, 2.45) is 17.8 Å². The summed E-state index contributed by atoms with van der Waals surface area (Å²) >= 11 is 0. The van der Waals surface area contributed by atoms with Gasteiger partial charge in [0.1, 0.15) is 0 Å². The maximum Gasteiger partial charge on any atom is 0.236 e. The molecule has 154 valence electrons. The van der Waals surface area contributed by atoms with E-state index in [0.717, 1.165) is 38.6 Å². The van der Waals surface area contributed by atoms with Gasteiger partial charge in [-0.1, -0.05) is 43.6 Å². The number of likely N-dealkylation sites (N-methyl/N-ethyl adjacent to an activating group) is 1. The Morgan fingerprint density at radius 2 is 2.19 bits per heavy atom. The Kier molecular flexibility index (Phi) is 8.07. The number of nitrogens with zero attached hydrogens (tertiary/aromatic N) is 1. The maximum atomic E-state index is 11.7. The molecule has 0 heterocycles. The van der Waals surface area contributed by atoms with Gasteiger partial charge in [0.25, 0.3) is 0 Å². The van der Waals surface area contributed by atoms with Crippen LogP contribution in [0.5, 0.6) is 0 Å². The van der Waals surface area contributed by atoms with E-state index in [1.807, 2.05) is 6.92 Å². The Morgan fingerprint density at radius 3 is 2.85 bits per heavy atom. The number of aliphatic hydroxyl groups is 2. The zero-order valence-corrected chi connectivity index (χ0v) is 17.4. The molecule has 2 rings (SSSR count). The van der Waals surface area contributed by atoms with Crippen molar-refractivity contribution in [3.8, 4) is 0 Å². The number of hydrogen-bond donors (Lipinski definition) is 3. The number of carbonyl (C=O) groups is 1. The lowest BCUT2D eigenvalue weighted by molar-refractivity contribution is -0.127. The van der Waals surface area contributed by atoms with Gasteiger partial charge in [-0.25, -0.2) is 0 Å². The van der Waals surface area contributed by atoms with Crippen LogP contribution in [0.1, 0.15) is 52.4 Å². The molecule has 1 saturated carbocycles. The van der Waals surface area contributed by atoms with E-state index in [9.17, 15) is 15.0 Å². The van der Waals surface area contributed by atoms with Gasteiger partial charge in [0.05, 0.1) is 18.2 Å². The molecule has 0 radical (unpaired) electrons. The molecule has 0 spiro atoms. The summed E-state index contributed by atoms with van der Waals surface area (Å²) < 4.78 is 0. The molecule has 27 heavy (non-hydrogen) atoms. The third kappa shape index (κ3) is 6.44. The molecule has 0 aromatic heterocycles. The van der Waals surface area contributed by atoms with Crippen molar-refractivity contribution in [3.63, 3.8) is 0 Å². The molecule has 0 unspecified atom stereocenters. The summed E-state index contributed by atoms with van der Waals surface area (Å²) in [5.41, 5.74) is 0.689. The van der Waals surface area contributed by atoms with E-state index in [2.05, 4.69) is 30.5 Å². The summed E-state index contributed by atoms with van der Waals surface area (Å²) in [5, 5.41) is 24.1. The Hall–Kier alpha value is -1.17. The summed E-state index contributed by atoms with van der Waals surface area (Å²) in [6, 6.07) is 0. The lowest BCUT2D eigenvalue weighted by Gasteiger charge is -2.22. The van der Waals surface area contributed by atoms with Crippen LogP contribution in [-0.4, -0.2) is 59.9 Å². The van der Waals surface area contributed by atoms with Crippen molar-refractivity contribution in [1.82, 2.24) is 10.2 Å². The second kappa shape index (κ2) is 9.85. The topological polar surface area (TPSA) is 72.8 Å². The molecule has 3 N–H and O–H groups in total. The van der Waals surface area contributed by atoms with Crippen LogP contribution in [0.4, 0.5) is 0 Å². The highest BCUT2D eigenvalue weighted by molar-refractivity contribution is 5.77. The number of rotatable bonds is 10. The molecular weight excluding hydrogens is 340 g/mol. The molecule has 2 aliphatic rings. The van der Waals surface area contributed by atoms with Gasteiger partial charge in [-0.05, 0) is 44.4 Å². The zero-order chi connectivity index (χ0) is 20.0. The van der Waals surface area contributed by atoms with Gasteiger partial charge in [0.15, 0.2) is 0 Å². The minimum atomic E-state index is -0.655. The van der Waals surface area contributed by atoms with Crippen molar-refractivity contribution >= 4 is 5.91 Å². The molecule has 2 aliphatic carbocycles. The normalized spacial score (nSPS) is 29.6. The number of nitrogens with one attached hydrogen (secondary N) is 1. The highest BCUT2D eigenvalue weighted by Crippen LogP contribution is 2.47. The van der Waals surface area contributed by atoms with Crippen LogP contribution < -0.4 is 5.32 Å². The van der Waals surface area contributed by atoms with Crippen LogP contribution in [-0.2, 0) is 4.79 Å². The van der Waals surface area contributed by atoms with Gasteiger partial charge >= 0.3 is 0 Å². The van der Waals surface area contributed by atoms with E-state index in [-0.39, 0.29) is 17.9 Å². The van der Waals surface area contributed by atoms with E-state index >= 15 is 0 Å². The Bertz CT molecular complexity index is 554. The Labute approximate surface area is 164 Å². The monoisotopic (exact) mass is 378 g/mol. The van der Waals surface area contributed by atoms with Crippen LogP contribution in [0.2, 0.25) is 0 Å². The van der Waals surface area contributed by atoms with Gasteiger partial charge < -0.3 is 20.4 Å². The summed E-state index contributed by atoms with van der Waals surface area (Å²) in [6.45, 7) is 5.14. The molecule has 0 aliphatic heterocycles. The van der Waals surface area contributed by atoms with Crippen LogP contribution in [0.25, 0.3) is 0 Å². The molecule has 0 bridgehead atoms. The second-order valence-electron chi connectivity index (χ2n) is 8.86. The minimum Gasteiger partial charge on any atom is -0.392 e. The smallest absolute Gasteiger partial charge is 0.236 e. The lowest BCUT2D eigenvalue weighted by Crippen LogP contribution is -2.33. The van der Waals surface area contributed by atoms with Crippen LogP contribution in [0.15, 0.2) is 23.8 Å². The van der Waals surface area contributed by atoms with E-state index in [1.54, 1.807) is 19.0 Å². The van der Waals surface area contributed by atoms with Gasteiger partial charge in [-0.2, -0.15) is 0 Å². The van der Waals surface area contributed by atoms with Crippen molar-refractivity contribution in [2.45, 2.75) is 64.1 Å². The summed E-state index contributed by atoms with van der Waals surface area (Å²) in [7, 11) is 3.53. The molecule has 1 amide bonds. The predicted octanol–water partition coefficient (Wildman–Crippen LogP) is 2.50. The van der Waals surface area contributed by atoms with Crippen molar-refractivity contribution in [2.75, 3.05) is 27.2 Å². The fourth-order valence-corrected chi connectivity index (χ4v) is 4.36. The summed E-state index contributed by atoms with van der Waals surface area (Å²) in [5.74, 6) is 1.11. The van der Waals surface area contributed by atoms with E-state index in [0.29, 0.717) is 24.8 Å². The maximum absolute atomic E-state index is 11.7. The second-order valence-corrected chi connectivity index (χ2v) is 8.86. The standard InChI is InChI=1S/C22H38N2O3/c1-5-6-9-22(2,27)10-7-8-18-19-12-16(11-17(19)13-20(18)25)14-23-15-21(26)24(3)4/h7-8,11,17-20,23,25,27H,5-6,9-10,12-15H2,1-4H3/t17-,18+,19-,20+,22-/m0/s1. The van der Waals surface area contributed by atoms with Gasteiger partial charge in [-0.3, -0.25) is 4.79 Å². The van der Waals surface area contributed by atoms with E-state index in [1.165, 1.54) is 5.57 Å². The van der Waals surface area contributed by atoms with Crippen LogP contribution >= 0.6 is 0 Å². The number of fused-ring (bicyclic) bond motifs is 1. The van der Waals surface area contributed by atoms with Crippen LogP contribution in [0.3, 0.4) is 0 Å². The molecule has 0 aromatic rings. The van der Waals surface area contributed by atoms with Gasteiger partial charge in [-0.15, -0.1) is 0 Å². The first-order valence-corrected chi connectivity index (χ1v) is 10.4. The number of allylic oxidation sites excluding steroid dienone is 1. The first kappa shape index (κ1) is 22.1. The number of aliphatic hydroxyl groups excluding tert-OH is 1. The number of hydrogen-bond acceptors (Lipinski definition) is 4. The highest BCUT2D eigenvalue weighted by Gasteiger charge is 2.43. The zero-order valence-electron chi connectivity index (χ0n) is 17.4. The third-order valence-corrected chi connectivity index (χ3v) is 6.06. The average molecular weight is 379 g/mol. The van der Waals surface area contributed by atoms with Crippen molar-refractivity contribution < 1.29 is 15.0 Å².